The molecule has 0 bridgehead atoms. The number of methoxy groups -OCH3 is 1. The van der Waals surface area contributed by atoms with E-state index in [1.54, 1.807) is 7.11 Å². The quantitative estimate of drug-likeness (QED) is 0.641. The van der Waals surface area contributed by atoms with E-state index in [4.69, 9.17) is 9.47 Å². The lowest BCUT2D eigenvalue weighted by atomic mass is 10.0. The molecule has 0 N–H and O–H groups in total. The van der Waals surface area contributed by atoms with Gasteiger partial charge in [-0.1, -0.05) is 23.8 Å². The van der Waals surface area contributed by atoms with Crippen molar-refractivity contribution in [1.29, 1.82) is 0 Å². The van der Waals surface area contributed by atoms with Crippen LogP contribution in [0, 0.1) is 0 Å². The number of hydrogen-bond acceptors (Lipinski definition) is 2. The van der Waals surface area contributed by atoms with Gasteiger partial charge in [0.2, 0.25) is 0 Å². The molecular formula is C10H16O2. The summed E-state index contributed by atoms with van der Waals surface area (Å²) in [5.41, 5.74) is 1.24. The molecule has 1 rings (SSSR count). The van der Waals surface area contributed by atoms with E-state index in [0.717, 1.165) is 6.61 Å². The molecule has 0 aromatic heterocycles. The Bertz CT molecular complexity index is 194. The van der Waals surface area contributed by atoms with Gasteiger partial charge in [-0.25, -0.2) is 0 Å². The third-order valence-corrected chi connectivity index (χ3v) is 1.93. The number of ether oxygens (including phenoxy) is 2. The molecule has 1 aliphatic rings. The van der Waals surface area contributed by atoms with Crippen LogP contribution in [0.2, 0.25) is 0 Å². The van der Waals surface area contributed by atoms with Crippen LogP contribution >= 0.6 is 0 Å². The van der Waals surface area contributed by atoms with Crippen LogP contribution < -0.4 is 0 Å². The standard InChI is InChI=1S/C10H16O2/c1-4-12-10-7-8(2)5-6-9(10)11-3/h5-7,9-10H,4H2,1-3H3/t9?,10-/m0/s1. The Morgan fingerprint density at radius 3 is 2.75 bits per heavy atom. The molecule has 2 heteroatoms. The van der Waals surface area contributed by atoms with Crippen LogP contribution in [0.25, 0.3) is 0 Å². The van der Waals surface area contributed by atoms with E-state index in [1.165, 1.54) is 5.57 Å². The van der Waals surface area contributed by atoms with Crippen molar-refractivity contribution >= 4 is 0 Å². The van der Waals surface area contributed by atoms with E-state index in [-0.39, 0.29) is 12.2 Å². The highest BCUT2D eigenvalue weighted by molar-refractivity contribution is 5.25. The highest BCUT2D eigenvalue weighted by Gasteiger charge is 2.19. The first-order valence-corrected chi connectivity index (χ1v) is 4.29. The van der Waals surface area contributed by atoms with Crippen molar-refractivity contribution < 1.29 is 9.47 Å². The Labute approximate surface area is 73.9 Å². The molecule has 12 heavy (non-hydrogen) atoms. The fraction of sp³-hybridized carbons (Fsp3) is 0.600. The zero-order chi connectivity index (χ0) is 8.97. The second-order valence-electron chi connectivity index (χ2n) is 2.89. The van der Waals surface area contributed by atoms with Gasteiger partial charge >= 0.3 is 0 Å². The van der Waals surface area contributed by atoms with Crippen LogP contribution in [-0.2, 0) is 9.47 Å². The minimum absolute atomic E-state index is 0.0775. The molecule has 2 atom stereocenters. The van der Waals surface area contributed by atoms with Gasteiger partial charge in [0.15, 0.2) is 0 Å². The molecule has 1 aliphatic carbocycles. The summed E-state index contributed by atoms with van der Waals surface area (Å²) in [6.45, 7) is 4.78. The molecule has 2 nitrogen and oxygen atoms in total. The molecule has 0 amide bonds. The minimum Gasteiger partial charge on any atom is -0.374 e. The van der Waals surface area contributed by atoms with Gasteiger partial charge in [-0.3, -0.25) is 0 Å². The van der Waals surface area contributed by atoms with Gasteiger partial charge in [0.05, 0.1) is 0 Å². The van der Waals surface area contributed by atoms with Gasteiger partial charge in [0.25, 0.3) is 0 Å². The van der Waals surface area contributed by atoms with Gasteiger partial charge in [0.1, 0.15) is 12.2 Å². The molecule has 0 aromatic rings. The Morgan fingerprint density at radius 2 is 2.17 bits per heavy atom. The lowest BCUT2D eigenvalue weighted by Crippen LogP contribution is -2.29. The van der Waals surface area contributed by atoms with Crippen LogP contribution in [-0.4, -0.2) is 25.9 Å². The molecule has 0 radical (unpaired) electrons. The number of allylic oxidation sites excluding steroid dienone is 2. The lowest BCUT2D eigenvalue weighted by molar-refractivity contribution is -0.00613. The van der Waals surface area contributed by atoms with E-state index >= 15 is 0 Å². The first-order valence-electron chi connectivity index (χ1n) is 4.29. The molecule has 0 aliphatic heterocycles. The normalized spacial score (nSPS) is 28.8. The monoisotopic (exact) mass is 168 g/mol. The van der Waals surface area contributed by atoms with Crippen molar-refractivity contribution in [2.75, 3.05) is 13.7 Å². The van der Waals surface area contributed by atoms with Crippen LogP contribution in [0.4, 0.5) is 0 Å². The molecular weight excluding hydrogens is 152 g/mol. The van der Waals surface area contributed by atoms with Gasteiger partial charge in [0, 0.05) is 13.7 Å². The second-order valence-corrected chi connectivity index (χ2v) is 2.89. The van der Waals surface area contributed by atoms with Gasteiger partial charge < -0.3 is 9.47 Å². The third-order valence-electron chi connectivity index (χ3n) is 1.93. The molecule has 0 fully saturated rings. The summed E-state index contributed by atoms with van der Waals surface area (Å²) in [4.78, 5) is 0. The Balaban J connectivity index is 2.61. The Morgan fingerprint density at radius 1 is 1.42 bits per heavy atom. The van der Waals surface area contributed by atoms with E-state index in [1.807, 2.05) is 13.0 Å². The summed E-state index contributed by atoms with van der Waals surface area (Å²) in [5, 5.41) is 0. The van der Waals surface area contributed by atoms with Crippen molar-refractivity contribution in [3.8, 4) is 0 Å². The zero-order valence-corrected chi connectivity index (χ0v) is 7.91. The largest absolute Gasteiger partial charge is 0.374 e. The molecule has 0 aromatic carbocycles. The summed E-state index contributed by atoms with van der Waals surface area (Å²) in [6.07, 6.45) is 6.36. The first-order chi connectivity index (χ1) is 5.77. The Hall–Kier alpha value is -0.600. The lowest BCUT2D eigenvalue weighted by Gasteiger charge is -2.23. The maximum atomic E-state index is 5.50. The summed E-state index contributed by atoms with van der Waals surface area (Å²) < 4.78 is 10.8. The van der Waals surface area contributed by atoms with E-state index in [0.29, 0.717) is 0 Å². The van der Waals surface area contributed by atoms with Crippen molar-refractivity contribution in [3.05, 3.63) is 23.8 Å². The molecule has 1 unspecified atom stereocenters. The zero-order valence-electron chi connectivity index (χ0n) is 7.91. The average molecular weight is 168 g/mol. The highest BCUT2D eigenvalue weighted by atomic mass is 16.5. The molecule has 0 saturated carbocycles. The van der Waals surface area contributed by atoms with Gasteiger partial charge in [-0.2, -0.15) is 0 Å². The molecule has 68 valence electrons. The fourth-order valence-corrected chi connectivity index (χ4v) is 1.31. The molecule has 0 heterocycles. The molecule has 0 saturated heterocycles. The van der Waals surface area contributed by atoms with E-state index in [2.05, 4.69) is 19.1 Å². The predicted molar refractivity (Wildman–Crippen MR) is 49.1 cm³/mol. The van der Waals surface area contributed by atoms with E-state index < -0.39 is 0 Å². The van der Waals surface area contributed by atoms with Gasteiger partial charge in [-0.05, 0) is 13.8 Å². The maximum absolute atomic E-state index is 5.50. The third kappa shape index (κ3) is 2.19. The van der Waals surface area contributed by atoms with Crippen molar-refractivity contribution in [2.45, 2.75) is 26.1 Å². The number of rotatable bonds is 3. The summed E-state index contributed by atoms with van der Waals surface area (Å²) in [5.74, 6) is 0. The highest BCUT2D eigenvalue weighted by Crippen LogP contribution is 2.15. The smallest absolute Gasteiger partial charge is 0.106 e. The van der Waals surface area contributed by atoms with Crippen LogP contribution in [0.3, 0.4) is 0 Å². The first kappa shape index (κ1) is 9.49. The van der Waals surface area contributed by atoms with E-state index in [9.17, 15) is 0 Å². The maximum Gasteiger partial charge on any atom is 0.106 e. The summed E-state index contributed by atoms with van der Waals surface area (Å²) in [7, 11) is 1.70. The van der Waals surface area contributed by atoms with Gasteiger partial charge in [-0.15, -0.1) is 0 Å². The topological polar surface area (TPSA) is 18.5 Å². The Kier molecular flexibility index (Phi) is 3.50. The summed E-state index contributed by atoms with van der Waals surface area (Å²) in [6, 6.07) is 0. The van der Waals surface area contributed by atoms with Crippen LogP contribution in [0.15, 0.2) is 23.8 Å². The minimum atomic E-state index is 0.0775. The average Bonchev–Trinajstić information content (AvgIpc) is 2.05. The van der Waals surface area contributed by atoms with Crippen molar-refractivity contribution in [2.24, 2.45) is 0 Å². The molecule has 0 spiro atoms. The SMILES string of the molecule is CCO[C@H]1C=C(C)C=CC1OC. The predicted octanol–water partition coefficient (Wildman–Crippen LogP) is 1.92. The number of hydrogen-bond donors (Lipinski definition) is 0. The van der Waals surface area contributed by atoms with Crippen molar-refractivity contribution in [1.82, 2.24) is 0 Å². The summed E-state index contributed by atoms with van der Waals surface area (Å²) >= 11 is 0. The van der Waals surface area contributed by atoms with Crippen molar-refractivity contribution in [3.63, 3.8) is 0 Å². The van der Waals surface area contributed by atoms with Crippen LogP contribution in [0.5, 0.6) is 0 Å². The van der Waals surface area contributed by atoms with Crippen LogP contribution in [0.1, 0.15) is 13.8 Å². The fourth-order valence-electron chi connectivity index (χ4n) is 1.31. The second kappa shape index (κ2) is 4.43.